The molecule has 12 N–H and O–H groups in total. The highest BCUT2D eigenvalue weighted by Gasteiger charge is 2.38. The van der Waals surface area contributed by atoms with Crippen LogP contribution in [0.1, 0.15) is 63.4 Å². The predicted molar refractivity (Wildman–Crippen MR) is 486 cm³/mol. The molecule has 632 valence electrons. The number of nitriles is 1. The number of pyridine rings is 2. The van der Waals surface area contributed by atoms with E-state index in [1.54, 1.807) is 55.1 Å². The highest BCUT2D eigenvalue weighted by Crippen LogP contribution is 2.51. The number of hydrogen-bond acceptors (Lipinski definition) is 29. The van der Waals surface area contributed by atoms with Crippen LogP contribution in [0.3, 0.4) is 0 Å². The van der Waals surface area contributed by atoms with Crippen molar-refractivity contribution < 1.29 is 18.9 Å². The minimum Gasteiger partial charge on any atom is -0.426 e. The molecule has 4 aliphatic heterocycles. The lowest BCUT2D eigenvalue weighted by Gasteiger charge is -2.36. The smallest absolute Gasteiger partial charge is 0.324 e. The third-order valence-corrected chi connectivity index (χ3v) is 24.1. The molecule has 0 radical (unpaired) electrons. The fourth-order valence-electron chi connectivity index (χ4n) is 17.9. The van der Waals surface area contributed by atoms with Gasteiger partial charge in [0, 0.05) is 216 Å². The number of anilines is 8. The molecular formula is C94H102N26O4. The third kappa shape index (κ3) is 17.6. The minimum atomic E-state index is 0.304. The summed E-state index contributed by atoms with van der Waals surface area (Å²) in [5, 5.41) is 22.4. The number of piperazine rings is 2. The maximum absolute atomic E-state index is 9.18. The van der Waals surface area contributed by atoms with E-state index < -0.39 is 0 Å². The molecule has 6 aromatic carbocycles. The molecule has 4 saturated heterocycles. The third-order valence-electron chi connectivity index (χ3n) is 24.1. The van der Waals surface area contributed by atoms with Gasteiger partial charge in [-0.15, -0.1) is 0 Å². The Balaban J connectivity index is 0.000000117. The molecule has 12 aromatic rings. The van der Waals surface area contributed by atoms with Gasteiger partial charge in [-0.25, -0.2) is 4.85 Å². The van der Waals surface area contributed by atoms with Crippen molar-refractivity contribution in [2.45, 2.75) is 38.5 Å². The van der Waals surface area contributed by atoms with Crippen molar-refractivity contribution in [1.82, 2.24) is 59.6 Å². The summed E-state index contributed by atoms with van der Waals surface area (Å²) in [6.45, 7) is 22.9. The van der Waals surface area contributed by atoms with Crippen LogP contribution in [0, 0.1) is 29.7 Å². The first-order valence-electron chi connectivity index (χ1n) is 42.5. The molecule has 4 aliphatic carbocycles. The van der Waals surface area contributed by atoms with Crippen LogP contribution in [0.25, 0.3) is 49.4 Å². The second-order valence-electron chi connectivity index (χ2n) is 31.6. The van der Waals surface area contributed by atoms with Crippen molar-refractivity contribution in [3.63, 3.8) is 0 Å². The molecule has 124 heavy (non-hydrogen) atoms. The number of hydrogen-bond donors (Lipinski definition) is 8. The Bertz CT molecular complexity index is 5940. The second-order valence-corrected chi connectivity index (χ2v) is 31.6. The highest BCUT2D eigenvalue weighted by atomic mass is 16.5. The number of nitrogens with two attached hydrogens (primary N) is 4. The molecule has 0 bridgehead atoms. The monoisotopic (exact) mass is 1660 g/mol. The van der Waals surface area contributed by atoms with Crippen LogP contribution in [0.2, 0.25) is 0 Å². The standard InChI is InChI=1S/C25H27N7O.C24H24N6O.C23H27N7O.C22H24N6O/c1-27-17-5-3-6-18(15-17)33-25-29-22-16-20-19(7-4-8-21(20)28-2)23(22)24(30-25)32-13-11-31(10-9-26)12-14-32;1-27-20-7-3-6-18-19(20)11-21-22(18)23(30-9-8-16(13-26)14-30)29-24(28-21)31-17-5-2-4-15(10-17)12-25;1-25-19-6-2-5-17-18(19)14-20-21(17)22(30-12-10-29(9-7-24)11-13-30)28-23(27-20)31-16-4-3-8-26-15-16;1-24-18-6-2-5-16-17(18)10-19-20(16)21(28-9-7-14(11-23)13-28)27-22(26-19)29-15-4-3-8-25-12-15/h3-8,15,28H,9-14,16,26H2,2H3;2-7,10,16,27H,8-9,11,13-14,26H2,1H3;2-6,8,15,25H,7,9-14,24H2,1H3;2-6,8,12,14,24H,7,9-11,13,23H2,1H3. The average molecular weight is 1660 g/mol. The summed E-state index contributed by atoms with van der Waals surface area (Å²) in [4.78, 5) is 64.5. The summed E-state index contributed by atoms with van der Waals surface area (Å²) >= 11 is 0. The lowest BCUT2D eigenvalue weighted by atomic mass is 10.0. The lowest BCUT2D eigenvalue weighted by molar-refractivity contribution is 0.264. The Kier molecular flexibility index (Phi) is 25.1. The maximum Gasteiger partial charge on any atom is 0.324 e. The fraction of sp³-hybridized carbons (Fsp3) is 0.319. The first kappa shape index (κ1) is 82.6. The molecule has 8 aliphatic rings. The van der Waals surface area contributed by atoms with Gasteiger partial charge in [-0.3, -0.25) is 19.8 Å². The van der Waals surface area contributed by atoms with Crippen molar-refractivity contribution in [3.8, 4) is 97.6 Å². The van der Waals surface area contributed by atoms with Crippen LogP contribution in [0.15, 0.2) is 170 Å². The SMILES string of the molecule is CNc1cccc2c1Cc1nc(Oc3cccc(C#N)c3)nc(N3CCC(CN)C3)c1-2.CNc1cccc2c1Cc1nc(Oc3cccnc3)nc(N3CCC(CN)C3)c1-2.CNc1cccc2c1Cc1nc(Oc3cccnc3)nc(N3CCN(CCN)CC3)c1-2.[C-]#[N+]c1cccc(Oc2nc3c(c(N4CCN(CCN)CC4)n2)-c2cccc(NC)c2C3)c1. The van der Waals surface area contributed by atoms with Crippen molar-refractivity contribution in [2.24, 2.45) is 34.8 Å². The van der Waals surface area contributed by atoms with Crippen LogP contribution in [-0.2, 0) is 25.7 Å². The summed E-state index contributed by atoms with van der Waals surface area (Å²) in [5.41, 5.74) is 47.0. The van der Waals surface area contributed by atoms with Gasteiger partial charge in [0.2, 0.25) is 0 Å². The molecule has 30 nitrogen and oxygen atoms in total. The Morgan fingerprint density at radius 3 is 1.06 bits per heavy atom. The molecule has 4 fully saturated rings. The number of nitrogens with zero attached hydrogens (tertiary/aromatic N) is 18. The topological polar surface area (TPSA) is 366 Å². The summed E-state index contributed by atoms with van der Waals surface area (Å²) in [6, 6.07) is 50.3. The van der Waals surface area contributed by atoms with Crippen LogP contribution >= 0.6 is 0 Å². The van der Waals surface area contributed by atoms with Crippen molar-refractivity contribution in [2.75, 3.05) is 187 Å². The molecule has 0 amide bonds. The summed E-state index contributed by atoms with van der Waals surface area (Å²) < 4.78 is 24.0. The Labute approximate surface area is 721 Å². The summed E-state index contributed by atoms with van der Waals surface area (Å²) in [5.74, 6) is 7.04. The van der Waals surface area contributed by atoms with Crippen molar-refractivity contribution in [3.05, 3.63) is 232 Å². The van der Waals surface area contributed by atoms with Gasteiger partial charge in [0.05, 0.1) is 53.4 Å². The molecule has 2 atom stereocenters. The largest absolute Gasteiger partial charge is 0.426 e. The van der Waals surface area contributed by atoms with Gasteiger partial charge in [0.15, 0.2) is 5.69 Å². The number of nitrogens with one attached hydrogen (secondary N) is 4. The number of fused-ring (bicyclic) bond motifs is 12. The van der Waals surface area contributed by atoms with E-state index in [-0.39, 0.29) is 0 Å². The number of benzene rings is 6. The number of aromatic nitrogens is 10. The van der Waals surface area contributed by atoms with E-state index in [4.69, 9.17) is 88.3 Å². The highest BCUT2D eigenvalue weighted by molar-refractivity contribution is 5.92. The Morgan fingerprint density at radius 1 is 0.403 bits per heavy atom. The van der Waals surface area contributed by atoms with Crippen LogP contribution in [-0.4, -0.2) is 206 Å². The number of rotatable bonds is 22. The Morgan fingerprint density at radius 2 is 0.742 bits per heavy atom. The zero-order valence-corrected chi connectivity index (χ0v) is 70.3. The fourth-order valence-corrected chi connectivity index (χ4v) is 17.9. The molecule has 2 unspecified atom stereocenters. The molecular weight excluding hydrogens is 1560 g/mol. The van der Waals surface area contributed by atoms with Crippen LogP contribution in [0.4, 0.5) is 51.7 Å². The average Bonchev–Trinajstić information content (AvgIpc) is 1.59. The Hall–Kier alpha value is -13.7. The van der Waals surface area contributed by atoms with Crippen LogP contribution in [0.5, 0.6) is 47.0 Å². The molecule has 0 saturated carbocycles. The minimum absolute atomic E-state index is 0.304. The van der Waals surface area contributed by atoms with E-state index in [0.29, 0.717) is 96.3 Å². The lowest BCUT2D eigenvalue weighted by Crippen LogP contribution is -2.48. The van der Waals surface area contributed by atoms with E-state index in [1.807, 2.05) is 70.7 Å². The van der Waals surface area contributed by atoms with Gasteiger partial charge < -0.3 is 82.7 Å². The van der Waals surface area contributed by atoms with E-state index in [0.717, 1.165) is 221 Å². The van der Waals surface area contributed by atoms with Gasteiger partial charge in [-0.05, 0) is 161 Å². The van der Waals surface area contributed by atoms with E-state index in [1.165, 1.54) is 44.5 Å². The maximum atomic E-state index is 9.18. The molecule has 30 heteroatoms. The summed E-state index contributed by atoms with van der Waals surface area (Å²) in [6.07, 6.45) is 11.9. The zero-order chi connectivity index (χ0) is 85.2. The van der Waals surface area contributed by atoms with Gasteiger partial charge in [-0.1, -0.05) is 66.7 Å². The van der Waals surface area contributed by atoms with E-state index in [2.05, 4.69) is 144 Å². The van der Waals surface area contributed by atoms with E-state index in [9.17, 15) is 5.26 Å². The molecule has 10 heterocycles. The van der Waals surface area contributed by atoms with Crippen molar-refractivity contribution >= 4 is 51.7 Å². The van der Waals surface area contributed by atoms with Gasteiger partial charge >= 0.3 is 24.0 Å². The molecule has 20 rings (SSSR count). The first-order valence-corrected chi connectivity index (χ1v) is 42.5. The zero-order valence-electron chi connectivity index (χ0n) is 70.3. The van der Waals surface area contributed by atoms with Crippen LogP contribution < -0.4 is 82.7 Å². The van der Waals surface area contributed by atoms with Gasteiger partial charge in [0.1, 0.15) is 46.3 Å². The van der Waals surface area contributed by atoms with Crippen molar-refractivity contribution in [1.29, 1.82) is 5.26 Å². The molecule has 0 spiro atoms. The first-order chi connectivity index (χ1) is 60.9. The molecule has 6 aromatic heterocycles. The summed E-state index contributed by atoms with van der Waals surface area (Å²) in [7, 11) is 7.79. The van der Waals surface area contributed by atoms with E-state index >= 15 is 0 Å². The quantitative estimate of drug-likeness (QED) is 0.0292. The number of ether oxygens (including phenoxy) is 4. The van der Waals surface area contributed by atoms with Gasteiger partial charge in [-0.2, -0.15) is 45.1 Å². The second kappa shape index (κ2) is 37.7. The normalized spacial score (nSPS) is 16.0. The predicted octanol–water partition coefficient (Wildman–Crippen LogP) is 12.5. The van der Waals surface area contributed by atoms with Gasteiger partial charge in [0.25, 0.3) is 0 Å².